The van der Waals surface area contributed by atoms with E-state index in [1.807, 2.05) is 13.0 Å². The molecule has 138 valence electrons. The number of carbonyl (C=O) groups is 1. The van der Waals surface area contributed by atoms with E-state index in [1.165, 1.54) is 11.3 Å². The molecule has 4 rings (SSSR count). The molecule has 1 saturated carbocycles. The third kappa shape index (κ3) is 3.06. The zero-order valence-electron chi connectivity index (χ0n) is 15.2. The minimum atomic E-state index is -0.537. The second kappa shape index (κ2) is 6.39. The number of ether oxygens (including phenoxy) is 1. The lowest BCUT2D eigenvalue weighted by Crippen LogP contribution is -2.13. The Hall–Kier alpha value is -2.85. The molecule has 2 heterocycles. The van der Waals surface area contributed by atoms with Crippen LogP contribution >= 0.6 is 11.3 Å². The third-order valence-electron chi connectivity index (χ3n) is 5.15. The number of fused-ring (bicyclic) bond motifs is 1. The summed E-state index contributed by atoms with van der Waals surface area (Å²) in [5.74, 6) is 0.598. The zero-order chi connectivity index (χ0) is 19.2. The largest absolute Gasteiger partial charge is 0.488 e. The van der Waals surface area contributed by atoms with Crippen molar-refractivity contribution in [2.75, 3.05) is 0 Å². The van der Waals surface area contributed by atoms with Crippen LogP contribution in [0, 0.1) is 30.6 Å². The number of hydrogen-bond donors (Lipinski definition) is 1. The third-order valence-corrected chi connectivity index (χ3v) is 6.06. The van der Waals surface area contributed by atoms with Crippen LogP contribution in [0.3, 0.4) is 0 Å². The highest BCUT2D eigenvalue weighted by molar-refractivity contribution is 7.09. The molecule has 1 aliphatic carbocycles. The average molecular weight is 381 g/mol. The highest BCUT2D eigenvalue weighted by Crippen LogP contribution is 2.50. The molecule has 27 heavy (non-hydrogen) atoms. The lowest BCUT2D eigenvalue weighted by atomic mass is 9.92. The summed E-state index contributed by atoms with van der Waals surface area (Å²) in [6.45, 7) is 4.05. The van der Waals surface area contributed by atoms with E-state index in [9.17, 15) is 10.1 Å². The molecule has 1 amide bonds. The SMILES string of the molecule is Cc1ncsc1COc1ccc2oc(C)c(C(N)=O)c2c1CC1(C#N)CC1. The molecule has 0 atom stereocenters. The van der Waals surface area contributed by atoms with Crippen molar-refractivity contribution in [1.29, 1.82) is 5.26 Å². The molecule has 1 fully saturated rings. The van der Waals surface area contributed by atoms with Crippen molar-refractivity contribution in [2.45, 2.75) is 39.7 Å². The van der Waals surface area contributed by atoms with Gasteiger partial charge in [-0.05, 0) is 45.2 Å². The van der Waals surface area contributed by atoms with Gasteiger partial charge < -0.3 is 14.9 Å². The van der Waals surface area contributed by atoms with Crippen molar-refractivity contribution in [3.63, 3.8) is 0 Å². The predicted molar refractivity (Wildman–Crippen MR) is 102 cm³/mol. The van der Waals surface area contributed by atoms with Gasteiger partial charge in [0.2, 0.25) is 0 Å². The fraction of sp³-hybridized carbons (Fsp3) is 0.350. The Bertz CT molecular complexity index is 1090. The Labute approximate surface area is 160 Å². The minimum Gasteiger partial charge on any atom is -0.488 e. The van der Waals surface area contributed by atoms with Crippen LogP contribution in [0.15, 0.2) is 22.1 Å². The number of carbonyl (C=O) groups excluding carboxylic acids is 1. The van der Waals surface area contributed by atoms with Gasteiger partial charge in [0.25, 0.3) is 5.91 Å². The van der Waals surface area contributed by atoms with Crippen LogP contribution in [-0.2, 0) is 13.0 Å². The number of amides is 1. The number of rotatable bonds is 6. The molecule has 2 N–H and O–H groups in total. The number of aryl methyl sites for hydroxylation is 2. The van der Waals surface area contributed by atoms with E-state index in [2.05, 4.69) is 11.1 Å². The summed E-state index contributed by atoms with van der Waals surface area (Å²) in [5.41, 5.74) is 9.73. The topological polar surface area (TPSA) is 102 Å². The summed E-state index contributed by atoms with van der Waals surface area (Å²) in [6.07, 6.45) is 2.20. The normalized spacial score (nSPS) is 14.9. The second-order valence-electron chi connectivity index (χ2n) is 7.03. The molecule has 7 heteroatoms. The first kappa shape index (κ1) is 17.6. The first-order valence-corrected chi connectivity index (χ1v) is 9.60. The van der Waals surface area contributed by atoms with Crippen LogP contribution < -0.4 is 10.5 Å². The highest BCUT2D eigenvalue weighted by Gasteiger charge is 2.44. The van der Waals surface area contributed by atoms with Crippen molar-refractivity contribution < 1.29 is 13.9 Å². The molecule has 0 bridgehead atoms. The van der Waals surface area contributed by atoms with Crippen LogP contribution in [0.5, 0.6) is 5.75 Å². The molecule has 1 aromatic carbocycles. The van der Waals surface area contributed by atoms with E-state index in [0.29, 0.717) is 41.1 Å². The monoisotopic (exact) mass is 381 g/mol. The Morgan fingerprint density at radius 2 is 2.22 bits per heavy atom. The Morgan fingerprint density at radius 3 is 2.81 bits per heavy atom. The van der Waals surface area contributed by atoms with E-state index < -0.39 is 11.3 Å². The van der Waals surface area contributed by atoms with E-state index in [4.69, 9.17) is 14.9 Å². The number of nitriles is 1. The predicted octanol–water partition coefficient (Wildman–Crippen LogP) is 4.03. The van der Waals surface area contributed by atoms with Gasteiger partial charge in [0.1, 0.15) is 23.7 Å². The Balaban J connectivity index is 1.82. The van der Waals surface area contributed by atoms with Crippen molar-refractivity contribution in [2.24, 2.45) is 11.1 Å². The van der Waals surface area contributed by atoms with Crippen LogP contribution in [0.4, 0.5) is 0 Å². The van der Waals surface area contributed by atoms with Crippen molar-refractivity contribution in [1.82, 2.24) is 4.98 Å². The van der Waals surface area contributed by atoms with Crippen LogP contribution in [-0.4, -0.2) is 10.9 Å². The molecule has 0 saturated heterocycles. The number of aromatic nitrogens is 1. The van der Waals surface area contributed by atoms with Crippen LogP contribution in [0.1, 0.15) is 45.1 Å². The van der Waals surface area contributed by atoms with Gasteiger partial charge in [-0.25, -0.2) is 4.98 Å². The van der Waals surface area contributed by atoms with Gasteiger partial charge in [0, 0.05) is 10.9 Å². The van der Waals surface area contributed by atoms with E-state index in [1.54, 1.807) is 18.5 Å². The molecule has 6 nitrogen and oxygen atoms in total. The van der Waals surface area contributed by atoms with Gasteiger partial charge in [-0.3, -0.25) is 4.79 Å². The van der Waals surface area contributed by atoms with E-state index in [-0.39, 0.29) is 0 Å². The molecule has 3 aromatic rings. The number of hydrogen-bond acceptors (Lipinski definition) is 6. The Kier molecular flexibility index (Phi) is 4.16. The lowest BCUT2D eigenvalue weighted by Gasteiger charge is -2.15. The van der Waals surface area contributed by atoms with E-state index >= 15 is 0 Å². The van der Waals surface area contributed by atoms with Crippen molar-refractivity contribution >= 4 is 28.2 Å². The molecular formula is C20H19N3O3S. The first-order valence-electron chi connectivity index (χ1n) is 8.72. The summed E-state index contributed by atoms with van der Waals surface area (Å²) in [4.78, 5) is 17.3. The van der Waals surface area contributed by atoms with Gasteiger partial charge in [0.05, 0.1) is 33.1 Å². The van der Waals surface area contributed by atoms with Gasteiger partial charge in [-0.2, -0.15) is 5.26 Å². The summed E-state index contributed by atoms with van der Waals surface area (Å²) < 4.78 is 11.8. The van der Waals surface area contributed by atoms with Gasteiger partial charge in [-0.1, -0.05) is 0 Å². The maximum Gasteiger partial charge on any atom is 0.252 e. The summed E-state index contributed by atoms with van der Waals surface area (Å²) in [6, 6.07) is 6.05. The zero-order valence-corrected chi connectivity index (χ0v) is 16.0. The number of primary amides is 1. The molecule has 0 radical (unpaired) electrons. The average Bonchev–Trinajstić information content (AvgIpc) is 3.15. The molecule has 2 aromatic heterocycles. The molecule has 0 aliphatic heterocycles. The minimum absolute atomic E-state index is 0.369. The standard InChI is InChI=1S/C20H19N3O3S/c1-11-16(27-10-23-11)8-25-14-3-4-15-18(17(19(22)24)12(2)26-15)13(14)7-20(9-21)5-6-20/h3-4,10H,5-8H2,1-2H3,(H2,22,24). The number of nitrogens with zero attached hydrogens (tertiary/aromatic N) is 2. The van der Waals surface area contributed by atoms with Crippen LogP contribution in [0.2, 0.25) is 0 Å². The van der Waals surface area contributed by atoms with Gasteiger partial charge >= 0.3 is 0 Å². The van der Waals surface area contributed by atoms with E-state index in [0.717, 1.165) is 29.0 Å². The van der Waals surface area contributed by atoms with Crippen LogP contribution in [0.25, 0.3) is 11.0 Å². The first-order chi connectivity index (χ1) is 12.9. The second-order valence-corrected chi connectivity index (χ2v) is 7.97. The van der Waals surface area contributed by atoms with Gasteiger partial charge in [0.15, 0.2) is 0 Å². The summed E-state index contributed by atoms with van der Waals surface area (Å²) in [7, 11) is 0. The maximum absolute atomic E-state index is 12.1. The molecule has 0 unspecified atom stereocenters. The molecular weight excluding hydrogens is 362 g/mol. The quantitative estimate of drug-likeness (QED) is 0.694. The molecule has 0 spiro atoms. The molecule has 1 aliphatic rings. The smallest absolute Gasteiger partial charge is 0.252 e. The number of benzene rings is 1. The highest BCUT2D eigenvalue weighted by atomic mass is 32.1. The fourth-order valence-corrected chi connectivity index (χ4v) is 4.08. The lowest BCUT2D eigenvalue weighted by molar-refractivity contribution is 0.1000. The number of nitrogens with two attached hydrogens (primary N) is 1. The fourth-order valence-electron chi connectivity index (χ4n) is 3.39. The summed E-state index contributed by atoms with van der Waals surface area (Å²) >= 11 is 1.54. The summed E-state index contributed by atoms with van der Waals surface area (Å²) in [5, 5.41) is 10.2. The van der Waals surface area contributed by atoms with Crippen molar-refractivity contribution in [3.8, 4) is 11.8 Å². The number of furan rings is 1. The Morgan fingerprint density at radius 1 is 1.44 bits per heavy atom. The maximum atomic E-state index is 12.1. The van der Waals surface area contributed by atoms with Gasteiger partial charge in [-0.15, -0.1) is 11.3 Å². The van der Waals surface area contributed by atoms with Crippen molar-refractivity contribution in [3.05, 3.63) is 45.1 Å². The number of thiazole rings is 1.